The van der Waals surface area contributed by atoms with E-state index in [9.17, 15) is 13.9 Å². The van der Waals surface area contributed by atoms with E-state index >= 15 is 0 Å². The van der Waals surface area contributed by atoms with Gasteiger partial charge < -0.3 is 5.11 Å². The molecule has 0 bridgehead atoms. The van der Waals surface area contributed by atoms with E-state index in [-0.39, 0.29) is 5.92 Å². The minimum absolute atomic E-state index is 0.142. The van der Waals surface area contributed by atoms with Gasteiger partial charge >= 0.3 is 0 Å². The second-order valence-corrected chi connectivity index (χ2v) is 4.08. The lowest BCUT2D eigenvalue weighted by Gasteiger charge is -2.23. The molecule has 1 aliphatic carbocycles. The van der Waals surface area contributed by atoms with Crippen molar-refractivity contribution in [3.8, 4) is 0 Å². The smallest absolute Gasteiger partial charge is 0.126 e. The zero-order chi connectivity index (χ0) is 10.3. The topological polar surface area (TPSA) is 20.2 Å². The maximum absolute atomic E-state index is 12.9. The first-order valence-corrected chi connectivity index (χ1v) is 4.69. The van der Waals surface area contributed by atoms with E-state index in [0.29, 0.717) is 5.56 Å². The summed E-state index contributed by atoms with van der Waals surface area (Å²) in [4.78, 5) is 0. The van der Waals surface area contributed by atoms with Gasteiger partial charge in [-0.2, -0.15) is 0 Å². The lowest BCUT2D eigenvalue weighted by molar-refractivity contribution is 0.0324. The molecule has 0 unspecified atom stereocenters. The summed E-state index contributed by atoms with van der Waals surface area (Å²) >= 11 is 0. The number of aliphatic hydroxyl groups is 1. The predicted molar refractivity (Wildman–Crippen MR) is 48.7 cm³/mol. The summed E-state index contributed by atoms with van der Waals surface area (Å²) in [5, 5.41) is 10.0. The van der Waals surface area contributed by atoms with Crippen LogP contribution in [0.5, 0.6) is 0 Å². The Labute approximate surface area is 81.4 Å². The van der Waals surface area contributed by atoms with Gasteiger partial charge in [-0.25, -0.2) is 8.78 Å². The third-order valence-electron chi connectivity index (χ3n) is 2.82. The van der Waals surface area contributed by atoms with Gasteiger partial charge in [-0.15, -0.1) is 0 Å². The summed E-state index contributed by atoms with van der Waals surface area (Å²) in [6, 6.07) is 3.20. The lowest BCUT2D eigenvalue weighted by Crippen LogP contribution is -2.24. The summed E-state index contributed by atoms with van der Waals surface area (Å²) < 4.78 is 25.8. The summed E-state index contributed by atoms with van der Waals surface area (Å²) in [6.45, 7) is 1.61. The van der Waals surface area contributed by atoms with Crippen molar-refractivity contribution < 1.29 is 13.9 Å². The number of rotatable bonds is 2. The van der Waals surface area contributed by atoms with Crippen LogP contribution < -0.4 is 0 Å². The summed E-state index contributed by atoms with van der Waals surface area (Å²) in [5.41, 5.74) is -0.763. The quantitative estimate of drug-likeness (QED) is 0.774. The van der Waals surface area contributed by atoms with Crippen molar-refractivity contribution in [2.45, 2.75) is 25.4 Å². The highest BCUT2D eigenvalue weighted by atomic mass is 19.1. The molecule has 0 radical (unpaired) electrons. The molecule has 1 aliphatic rings. The molecular weight excluding hydrogens is 186 g/mol. The van der Waals surface area contributed by atoms with Gasteiger partial charge in [0.05, 0.1) is 5.60 Å². The molecule has 0 saturated heterocycles. The van der Waals surface area contributed by atoms with Crippen molar-refractivity contribution >= 4 is 0 Å². The summed E-state index contributed by atoms with van der Waals surface area (Å²) in [6.07, 6.45) is 1.84. The molecule has 1 fully saturated rings. The van der Waals surface area contributed by atoms with E-state index in [1.165, 1.54) is 12.1 Å². The van der Waals surface area contributed by atoms with Crippen LogP contribution in [0.4, 0.5) is 8.78 Å². The van der Waals surface area contributed by atoms with E-state index in [0.717, 1.165) is 18.9 Å². The van der Waals surface area contributed by atoms with Crippen LogP contribution in [-0.4, -0.2) is 5.11 Å². The minimum atomic E-state index is -1.09. The molecule has 0 spiro atoms. The largest absolute Gasteiger partial charge is 0.385 e. The van der Waals surface area contributed by atoms with Crippen LogP contribution in [0.15, 0.2) is 18.2 Å². The van der Waals surface area contributed by atoms with E-state index in [2.05, 4.69) is 0 Å². The van der Waals surface area contributed by atoms with Gasteiger partial charge in [0, 0.05) is 6.07 Å². The highest BCUT2D eigenvalue weighted by Crippen LogP contribution is 2.45. The van der Waals surface area contributed by atoms with Gasteiger partial charge in [0.25, 0.3) is 0 Å². The van der Waals surface area contributed by atoms with Crippen LogP contribution in [0.25, 0.3) is 0 Å². The third-order valence-corrected chi connectivity index (χ3v) is 2.82. The molecular formula is C11H12F2O. The zero-order valence-electron chi connectivity index (χ0n) is 7.93. The van der Waals surface area contributed by atoms with Gasteiger partial charge in [-0.1, -0.05) is 0 Å². The number of hydrogen-bond acceptors (Lipinski definition) is 1. The zero-order valence-corrected chi connectivity index (χ0v) is 7.93. The first kappa shape index (κ1) is 9.59. The monoisotopic (exact) mass is 198 g/mol. The molecule has 3 heteroatoms. The Hall–Kier alpha value is -0.960. The fourth-order valence-electron chi connectivity index (χ4n) is 1.73. The Balaban J connectivity index is 2.39. The van der Waals surface area contributed by atoms with Gasteiger partial charge in [0.1, 0.15) is 11.6 Å². The van der Waals surface area contributed by atoms with Crippen LogP contribution in [0, 0.1) is 17.6 Å². The standard InChI is InChI=1S/C11H12F2O/c1-11(14,7-2-3-7)8-4-9(12)6-10(13)5-8/h4-7,14H,2-3H2,1H3/t11-/m1/s1. The highest BCUT2D eigenvalue weighted by Gasteiger charge is 2.41. The Bertz CT molecular complexity index is 336. The molecule has 0 aliphatic heterocycles. The minimum Gasteiger partial charge on any atom is -0.385 e. The van der Waals surface area contributed by atoms with Crippen molar-refractivity contribution in [2.75, 3.05) is 0 Å². The van der Waals surface area contributed by atoms with Crippen LogP contribution in [0.3, 0.4) is 0 Å². The van der Waals surface area contributed by atoms with E-state index in [4.69, 9.17) is 0 Å². The Morgan fingerprint density at radius 2 is 1.71 bits per heavy atom. The Morgan fingerprint density at radius 1 is 1.21 bits per heavy atom. The third kappa shape index (κ3) is 1.64. The predicted octanol–water partition coefficient (Wildman–Crippen LogP) is 2.58. The summed E-state index contributed by atoms with van der Waals surface area (Å²) in [7, 11) is 0. The second kappa shape index (κ2) is 3.02. The van der Waals surface area contributed by atoms with Crippen molar-refractivity contribution in [2.24, 2.45) is 5.92 Å². The van der Waals surface area contributed by atoms with Crippen molar-refractivity contribution in [3.05, 3.63) is 35.4 Å². The maximum atomic E-state index is 12.9. The fraction of sp³-hybridized carbons (Fsp3) is 0.455. The molecule has 0 heterocycles. The molecule has 1 saturated carbocycles. The van der Waals surface area contributed by atoms with Crippen molar-refractivity contribution in [1.29, 1.82) is 0 Å². The molecule has 1 aromatic carbocycles. The van der Waals surface area contributed by atoms with Crippen molar-refractivity contribution in [1.82, 2.24) is 0 Å². The average molecular weight is 198 g/mol. The van der Waals surface area contributed by atoms with E-state index < -0.39 is 17.2 Å². The molecule has 0 amide bonds. The van der Waals surface area contributed by atoms with Crippen LogP contribution in [0.1, 0.15) is 25.3 Å². The van der Waals surface area contributed by atoms with Crippen molar-refractivity contribution in [3.63, 3.8) is 0 Å². The molecule has 1 nitrogen and oxygen atoms in total. The highest BCUT2D eigenvalue weighted by molar-refractivity contribution is 5.25. The van der Waals surface area contributed by atoms with Gasteiger partial charge in [0.15, 0.2) is 0 Å². The molecule has 2 rings (SSSR count). The second-order valence-electron chi connectivity index (χ2n) is 4.08. The first-order valence-electron chi connectivity index (χ1n) is 4.69. The maximum Gasteiger partial charge on any atom is 0.126 e. The lowest BCUT2D eigenvalue weighted by atomic mass is 9.91. The molecule has 1 atom stereocenters. The van der Waals surface area contributed by atoms with Crippen LogP contribution >= 0.6 is 0 Å². The number of hydrogen-bond donors (Lipinski definition) is 1. The average Bonchev–Trinajstić information content (AvgIpc) is 2.83. The number of benzene rings is 1. The molecule has 76 valence electrons. The Morgan fingerprint density at radius 3 is 2.14 bits per heavy atom. The van der Waals surface area contributed by atoms with Crippen LogP contribution in [0.2, 0.25) is 0 Å². The molecule has 0 aromatic heterocycles. The van der Waals surface area contributed by atoms with E-state index in [1.807, 2.05) is 0 Å². The first-order chi connectivity index (χ1) is 6.50. The Kier molecular flexibility index (Phi) is 2.07. The van der Waals surface area contributed by atoms with Gasteiger partial charge in [-0.3, -0.25) is 0 Å². The molecule has 1 N–H and O–H groups in total. The normalized spacial score (nSPS) is 20.6. The molecule has 14 heavy (non-hydrogen) atoms. The van der Waals surface area contributed by atoms with Gasteiger partial charge in [-0.05, 0) is 43.4 Å². The van der Waals surface area contributed by atoms with Crippen LogP contribution in [-0.2, 0) is 5.60 Å². The fourth-order valence-corrected chi connectivity index (χ4v) is 1.73. The molecule has 1 aromatic rings. The SMILES string of the molecule is C[C@](O)(c1cc(F)cc(F)c1)C1CC1. The van der Waals surface area contributed by atoms with E-state index in [1.54, 1.807) is 6.92 Å². The number of halogens is 2. The summed E-state index contributed by atoms with van der Waals surface area (Å²) in [5.74, 6) is -1.13. The van der Waals surface area contributed by atoms with Gasteiger partial charge in [0.2, 0.25) is 0 Å².